The van der Waals surface area contributed by atoms with Crippen LogP contribution in [0.2, 0.25) is 0 Å². The number of hydrogen-bond acceptors (Lipinski definition) is 2. The van der Waals surface area contributed by atoms with Crippen LogP contribution >= 0.6 is 0 Å². The van der Waals surface area contributed by atoms with Crippen molar-refractivity contribution in [3.05, 3.63) is 0 Å². The first-order valence-corrected chi connectivity index (χ1v) is 8.12. The normalized spacial score (nSPS) is 27.4. The van der Waals surface area contributed by atoms with Crippen molar-refractivity contribution in [1.29, 1.82) is 0 Å². The third-order valence-electron chi connectivity index (χ3n) is 4.58. The van der Waals surface area contributed by atoms with Gasteiger partial charge >= 0.3 is 0 Å². The molecule has 1 heterocycles. The lowest BCUT2D eigenvalue weighted by molar-refractivity contribution is -0.153. The molecule has 2 fully saturated rings. The number of carbonyl (C=O) groups is 2. The average Bonchev–Trinajstić information content (AvgIpc) is 3.21. The molecule has 4 nitrogen and oxygen atoms in total. The minimum atomic E-state index is -0.276. The number of amides is 2. The maximum atomic E-state index is 12.8. The Hall–Kier alpha value is -1.06. The summed E-state index contributed by atoms with van der Waals surface area (Å²) in [5.41, 5.74) is 0. The summed E-state index contributed by atoms with van der Waals surface area (Å²) >= 11 is 0. The highest BCUT2D eigenvalue weighted by Gasteiger charge is 2.48. The van der Waals surface area contributed by atoms with Crippen LogP contribution in [0.4, 0.5) is 0 Å². The molecule has 1 saturated heterocycles. The maximum absolute atomic E-state index is 12.8. The molecule has 114 valence electrons. The molecular weight excluding hydrogens is 252 g/mol. The molecule has 20 heavy (non-hydrogen) atoms. The van der Waals surface area contributed by atoms with Crippen LogP contribution < -0.4 is 5.32 Å². The van der Waals surface area contributed by atoms with Gasteiger partial charge in [-0.1, -0.05) is 27.7 Å². The van der Waals surface area contributed by atoms with Gasteiger partial charge in [-0.2, -0.15) is 0 Å². The quantitative estimate of drug-likeness (QED) is 0.812. The molecule has 2 aliphatic rings. The van der Waals surface area contributed by atoms with E-state index in [0.29, 0.717) is 11.8 Å². The maximum Gasteiger partial charge on any atom is 0.246 e. The SMILES string of the molecule is CCC(CC)N1C(=O)C(C2CC2)NC(=O)C1CC(C)C. The predicted octanol–water partition coefficient (Wildman–Crippen LogP) is 2.33. The van der Waals surface area contributed by atoms with Gasteiger partial charge in [-0.25, -0.2) is 0 Å². The van der Waals surface area contributed by atoms with Crippen LogP contribution in [0.3, 0.4) is 0 Å². The lowest BCUT2D eigenvalue weighted by Gasteiger charge is -2.44. The summed E-state index contributed by atoms with van der Waals surface area (Å²) in [4.78, 5) is 27.2. The molecule has 2 amide bonds. The second kappa shape index (κ2) is 6.15. The van der Waals surface area contributed by atoms with Crippen LogP contribution in [0.15, 0.2) is 0 Å². The van der Waals surface area contributed by atoms with Crippen LogP contribution in [0.25, 0.3) is 0 Å². The minimum Gasteiger partial charge on any atom is -0.342 e. The van der Waals surface area contributed by atoms with E-state index in [-0.39, 0.29) is 29.9 Å². The van der Waals surface area contributed by atoms with Crippen LogP contribution in [-0.2, 0) is 9.59 Å². The van der Waals surface area contributed by atoms with E-state index in [9.17, 15) is 9.59 Å². The summed E-state index contributed by atoms with van der Waals surface area (Å²) in [6.45, 7) is 8.42. The van der Waals surface area contributed by atoms with Crippen LogP contribution in [0, 0.1) is 11.8 Å². The largest absolute Gasteiger partial charge is 0.342 e. The van der Waals surface area contributed by atoms with Crippen molar-refractivity contribution in [2.24, 2.45) is 11.8 Å². The van der Waals surface area contributed by atoms with E-state index in [4.69, 9.17) is 0 Å². The van der Waals surface area contributed by atoms with Crippen molar-refractivity contribution in [3.63, 3.8) is 0 Å². The van der Waals surface area contributed by atoms with E-state index in [1.54, 1.807) is 0 Å². The second-order valence-corrected chi connectivity index (χ2v) is 6.68. The Kier molecular flexibility index (Phi) is 4.71. The zero-order valence-corrected chi connectivity index (χ0v) is 13.2. The highest BCUT2D eigenvalue weighted by Crippen LogP contribution is 2.36. The minimum absolute atomic E-state index is 0.0575. The fraction of sp³-hybridized carbons (Fsp3) is 0.875. The summed E-state index contributed by atoms with van der Waals surface area (Å²) in [7, 11) is 0. The fourth-order valence-electron chi connectivity index (χ4n) is 3.28. The van der Waals surface area contributed by atoms with Gasteiger partial charge in [0.2, 0.25) is 11.8 Å². The van der Waals surface area contributed by atoms with E-state index >= 15 is 0 Å². The van der Waals surface area contributed by atoms with E-state index < -0.39 is 0 Å². The number of hydrogen-bond donors (Lipinski definition) is 1. The van der Waals surface area contributed by atoms with Crippen molar-refractivity contribution in [1.82, 2.24) is 10.2 Å². The summed E-state index contributed by atoms with van der Waals surface area (Å²) in [6, 6.07) is -0.340. The van der Waals surface area contributed by atoms with Gasteiger partial charge in [-0.3, -0.25) is 9.59 Å². The number of nitrogens with zero attached hydrogens (tertiary/aromatic N) is 1. The molecule has 0 spiro atoms. The van der Waals surface area contributed by atoms with Gasteiger partial charge in [-0.15, -0.1) is 0 Å². The number of rotatable bonds is 6. The molecule has 0 aromatic carbocycles. The van der Waals surface area contributed by atoms with Crippen LogP contribution in [0.1, 0.15) is 59.8 Å². The van der Waals surface area contributed by atoms with Crippen molar-refractivity contribution < 1.29 is 9.59 Å². The predicted molar refractivity (Wildman–Crippen MR) is 79.1 cm³/mol. The van der Waals surface area contributed by atoms with Gasteiger partial charge in [0.15, 0.2) is 0 Å². The molecule has 1 N–H and O–H groups in total. The molecule has 2 atom stereocenters. The highest BCUT2D eigenvalue weighted by molar-refractivity contribution is 5.97. The van der Waals surface area contributed by atoms with Crippen LogP contribution in [-0.4, -0.2) is 34.8 Å². The number of piperazine rings is 1. The molecule has 4 heteroatoms. The Balaban J connectivity index is 2.24. The van der Waals surface area contributed by atoms with Crippen molar-refractivity contribution in [2.45, 2.75) is 77.9 Å². The van der Waals surface area contributed by atoms with Crippen molar-refractivity contribution in [3.8, 4) is 0 Å². The lowest BCUT2D eigenvalue weighted by atomic mass is 9.93. The number of nitrogens with one attached hydrogen (secondary N) is 1. The van der Waals surface area contributed by atoms with Crippen molar-refractivity contribution in [2.75, 3.05) is 0 Å². The molecule has 1 aliphatic heterocycles. The Labute approximate surface area is 122 Å². The third kappa shape index (κ3) is 2.99. The van der Waals surface area contributed by atoms with Gasteiger partial charge < -0.3 is 10.2 Å². The molecule has 0 bridgehead atoms. The standard InChI is InChI=1S/C16H28N2O2/c1-5-12(6-2)18-13(9-10(3)4)15(19)17-14(16(18)20)11-7-8-11/h10-14H,5-9H2,1-4H3,(H,17,19). The Morgan fingerprint density at radius 3 is 2.25 bits per heavy atom. The topological polar surface area (TPSA) is 49.4 Å². The average molecular weight is 280 g/mol. The zero-order valence-electron chi connectivity index (χ0n) is 13.2. The fourth-order valence-corrected chi connectivity index (χ4v) is 3.28. The molecular formula is C16H28N2O2. The Bertz CT molecular complexity index is 373. The molecule has 2 rings (SSSR count). The molecule has 0 aromatic rings. The highest BCUT2D eigenvalue weighted by atomic mass is 16.2. The van der Waals surface area contributed by atoms with E-state index in [1.807, 2.05) is 4.90 Å². The van der Waals surface area contributed by atoms with E-state index in [1.165, 1.54) is 0 Å². The van der Waals surface area contributed by atoms with Gasteiger partial charge in [0.25, 0.3) is 0 Å². The summed E-state index contributed by atoms with van der Waals surface area (Å²) in [6.07, 6.45) is 4.74. The van der Waals surface area contributed by atoms with E-state index in [2.05, 4.69) is 33.0 Å². The summed E-state index contributed by atoms with van der Waals surface area (Å²) in [5.74, 6) is 1.00. The van der Waals surface area contributed by atoms with E-state index in [0.717, 1.165) is 32.1 Å². The monoisotopic (exact) mass is 280 g/mol. The molecule has 1 aliphatic carbocycles. The molecule has 2 unspecified atom stereocenters. The van der Waals surface area contributed by atoms with Gasteiger partial charge in [0.1, 0.15) is 12.1 Å². The molecule has 0 aromatic heterocycles. The van der Waals surface area contributed by atoms with Gasteiger partial charge in [0, 0.05) is 6.04 Å². The second-order valence-electron chi connectivity index (χ2n) is 6.68. The summed E-state index contributed by atoms with van der Waals surface area (Å²) in [5, 5.41) is 2.99. The van der Waals surface area contributed by atoms with Crippen molar-refractivity contribution >= 4 is 11.8 Å². The lowest BCUT2D eigenvalue weighted by Crippen LogP contribution is -2.66. The van der Waals surface area contributed by atoms with Gasteiger partial charge in [-0.05, 0) is 43.9 Å². The Morgan fingerprint density at radius 2 is 1.80 bits per heavy atom. The molecule has 0 radical (unpaired) electrons. The Morgan fingerprint density at radius 1 is 1.20 bits per heavy atom. The first kappa shape index (κ1) is 15.3. The smallest absolute Gasteiger partial charge is 0.246 e. The molecule has 1 saturated carbocycles. The number of carbonyl (C=O) groups excluding carboxylic acids is 2. The van der Waals surface area contributed by atoms with Crippen LogP contribution in [0.5, 0.6) is 0 Å². The third-order valence-corrected chi connectivity index (χ3v) is 4.58. The summed E-state index contributed by atoms with van der Waals surface area (Å²) < 4.78 is 0. The first-order valence-electron chi connectivity index (χ1n) is 8.12. The zero-order chi connectivity index (χ0) is 14.9. The van der Waals surface area contributed by atoms with Gasteiger partial charge in [0.05, 0.1) is 0 Å². The first-order chi connectivity index (χ1) is 9.49.